The third-order valence-electron chi connectivity index (χ3n) is 14.9. The molecule has 0 aromatic heterocycles. The van der Waals surface area contributed by atoms with Crippen molar-refractivity contribution in [3.05, 3.63) is 36.5 Å². The molecule has 0 aromatic carbocycles. The highest BCUT2D eigenvalue weighted by Gasteiger charge is 2.18. The number of unbranched alkanes of at least 4 members (excludes halogenated alkanes) is 45. The maximum absolute atomic E-state index is 12.5. The molecule has 0 radical (unpaired) electrons. The number of carbonyl (C=O) groups is 2. The van der Waals surface area contributed by atoms with E-state index >= 15 is 0 Å². The van der Waals surface area contributed by atoms with Crippen LogP contribution in [0.5, 0.6) is 0 Å². The summed E-state index contributed by atoms with van der Waals surface area (Å²) in [4.78, 5) is 24.6. The molecule has 0 heterocycles. The Morgan fingerprint density at radius 2 is 0.653 bits per heavy atom. The number of hydrogen-bond donors (Lipinski definition) is 3. The molecule has 0 fully saturated rings. The summed E-state index contributed by atoms with van der Waals surface area (Å²) in [6.07, 6.45) is 77.6. The Labute approximate surface area is 449 Å². The number of esters is 1. The lowest BCUT2D eigenvalue weighted by molar-refractivity contribution is -0.143. The molecule has 0 bridgehead atoms. The second-order valence-electron chi connectivity index (χ2n) is 22.1. The summed E-state index contributed by atoms with van der Waals surface area (Å²) < 4.78 is 5.49. The summed E-state index contributed by atoms with van der Waals surface area (Å²) in [7, 11) is 0. The van der Waals surface area contributed by atoms with Crippen molar-refractivity contribution in [2.75, 3.05) is 13.2 Å². The standard InChI is InChI=1S/C66H125NO5/c1-3-5-7-9-11-13-15-17-19-21-23-28-32-36-40-44-48-52-56-60-66(71)72-61-57-53-49-45-41-37-33-29-25-22-24-27-31-35-39-43-47-51-55-59-65(70)67-63(62-68)64(69)58-54-50-46-42-38-34-30-26-20-18-16-14-12-10-8-6-4-2/h17,19,22,24,54,58,63-64,68-69H,3-16,18,20-21,23,25-53,55-57,59-62H2,1-2H3,(H,67,70)/b19-17-,24-22-,58-54+. The summed E-state index contributed by atoms with van der Waals surface area (Å²) >= 11 is 0. The van der Waals surface area contributed by atoms with E-state index in [1.807, 2.05) is 6.08 Å². The van der Waals surface area contributed by atoms with Gasteiger partial charge in [-0.15, -0.1) is 0 Å². The lowest BCUT2D eigenvalue weighted by Crippen LogP contribution is -2.45. The Balaban J connectivity index is 3.45. The van der Waals surface area contributed by atoms with Gasteiger partial charge in [0.1, 0.15) is 0 Å². The van der Waals surface area contributed by atoms with Crippen molar-refractivity contribution in [3.8, 4) is 0 Å². The molecule has 0 aromatic rings. The number of nitrogens with one attached hydrogen (secondary N) is 1. The van der Waals surface area contributed by atoms with Crippen LogP contribution in [0.15, 0.2) is 36.5 Å². The van der Waals surface area contributed by atoms with E-state index in [0.717, 1.165) is 51.4 Å². The molecule has 0 spiro atoms. The Bertz CT molecular complexity index is 1170. The van der Waals surface area contributed by atoms with Crippen molar-refractivity contribution >= 4 is 11.9 Å². The average molecular weight is 1010 g/mol. The maximum Gasteiger partial charge on any atom is 0.305 e. The van der Waals surface area contributed by atoms with E-state index in [-0.39, 0.29) is 18.5 Å². The molecule has 0 aliphatic carbocycles. The number of ether oxygens (including phenoxy) is 1. The van der Waals surface area contributed by atoms with Crippen LogP contribution in [0, 0.1) is 0 Å². The zero-order chi connectivity index (χ0) is 52.2. The van der Waals surface area contributed by atoms with Crippen molar-refractivity contribution in [2.24, 2.45) is 0 Å². The van der Waals surface area contributed by atoms with Gasteiger partial charge in [-0.1, -0.05) is 288 Å². The number of aliphatic hydroxyl groups is 2. The molecule has 424 valence electrons. The van der Waals surface area contributed by atoms with Gasteiger partial charge in [0.2, 0.25) is 5.91 Å². The van der Waals surface area contributed by atoms with Gasteiger partial charge in [-0.05, 0) is 83.5 Å². The molecule has 1 amide bonds. The zero-order valence-corrected chi connectivity index (χ0v) is 48.4. The molecular weight excluding hydrogens is 887 g/mol. The van der Waals surface area contributed by atoms with Crippen LogP contribution in [0.1, 0.15) is 348 Å². The maximum atomic E-state index is 12.5. The van der Waals surface area contributed by atoms with Gasteiger partial charge < -0.3 is 20.3 Å². The molecule has 6 nitrogen and oxygen atoms in total. The van der Waals surface area contributed by atoms with E-state index in [9.17, 15) is 19.8 Å². The summed E-state index contributed by atoms with van der Waals surface area (Å²) in [5.41, 5.74) is 0. The quantitative estimate of drug-likeness (QED) is 0.0320. The molecule has 0 rings (SSSR count). The first-order valence-electron chi connectivity index (χ1n) is 32.3. The molecule has 3 N–H and O–H groups in total. The van der Waals surface area contributed by atoms with E-state index < -0.39 is 12.1 Å². The fourth-order valence-electron chi connectivity index (χ4n) is 9.92. The van der Waals surface area contributed by atoms with Crippen LogP contribution in [0.4, 0.5) is 0 Å². The highest BCUT2D eigenvalue weighted by molar-refractivity contribution is 5.76. The van der Waals surface area contributed by atoms with E-state index in [1.54, 1.807) is 6.08 Å². The van der Waals surface area contributed by atoms with Gasteiger partial charge in [-0.25, -0.2) is 0 Å². The molecule has 0 aliphatic rings. The third kappa shape index (κ3) is 57.4. The van der Waals surface area contributed by atoms with Crippen molar-refractivity contribution in [1.29, 1.82) is 0 Å². The predicted molar refractivity (Wildman–Crippen MR) is 315 cm³/mol. The Hall–Kier alpha value is -1.92. The topological polar surface area (TPSA) is 95.9 Å². The van der Waals surface area contributed by atoms with Crippen LogP contribution >= 0.6 is 0 Å². The molecule has 0 aliphatic heterocycles. The van der Waals surface area contributed by atoms with Crippen LogP contribution in [-0.4, -0.2) is 47.4 Å². The van der Waals surface area contributed by atoms with Gasteiger partial charge in [-0.2, -0.15) is 0 Å². The second-order valence-corrected chi connectivity index (χ2v) is 22.1. The van der Waals surface area contributed by atoms with E-state index in [1.165, 1.54) is 270 Å². The van der Waals surface area contributed by atoms with Crippen LogP contribution in [0.2, 0.25) is 0 Å². The fraction of sp³-hybridized carbons (Fsp3) is 0.879. The van der Waals surface area contributed by atoms with Gasteiger partial charge in [0.05, 0.1) is 25.4 Å². The fourth-order valence-corrected chi connectivity index (χ4v) is 9.92. The predicted octanol–water partition coefficient (Wildman–Crippen LogP) is 20.4. The van der Waals surface area contributed by atoms with Crippen molar-refractivity contribution in [2.45, 2.75) is 360 Å². The number of amides is 1. The van der Waals surface area contributed by atoms with Crippen LogP contribution in [0.25, 0.3) is 0 Å². The van der Waals surface area contributed by atoms with Gasteiger partial charge in [0.25, 0.3) is 0 Å². The zero-order valence-electron chi connectivity index (χ0n) is 48.4. The van der Waals surface area contributed by atoms with Gasteiger partial charge in [0.15, 0.2) is 0 Å². The first kappa shape index (κ1) is 70.1. The normalized spacial score (nSPS) is 12.8. The molecule has 0 saturated heterocycles. The minimum absolute atomic E-state index is 0.00303. The number of carbonyl (C=O) groups excluding carboxylic acids is 2. The Morgan fingerprint density at radius 1 is 0.375 bits per heavy atom. The summed E-state index contributed by atoms with van der Waals surface area (Å²) in [6.45, 7) is 4.91. The molecule has 2 atom stereocenters. The van der Waals surface area contributed by atoms with Crippen molar-refractivity contribution < 1.29 is 24.5 Å². The SMILES string of the molecule is CCCCCCCC/C=C\CCCCCCCCCCCC(=O)OCCCCCCCCCC/C=C\CCCCCCCCCC(=O)NC(CO)C(O)/C=C/CCCCCCCCCCCCCCCCC. The van der Waals surface area contributed by atoms with Crippen molar-refractivity contribution in [3.63, 3.8) is 0 Å². The summed E-state index contributed by atoms with van der Waals surface area (Å²) in [5.74, 6) is -0.0728. The van der Waals surface area contributed by atoms with Crippen LogP contribution < -0.4 is 5.32 Å². The minimum atomic E-state index is -0.851. The largest absolute Gasteiger partial charge is 0.466 e. The van der Waals surface area contributed by atoms with Crippen LogP contribution in [0.3, 0.4) is 0 Å². The van der Waals surface area contributed by atoms with E-state index in [2.05, 4.69) is 43.5 Å². The van der Waals surface area contributed by atoms with Gasteiger partial charge in [0, 0.05) is 12.8 Å². The lowest BCUT2D eigenvalue weighted by atomic mass is 10.0. The number of rotatable bonds is 60. The highest BCUT2D eigenvalue weighted by Crippen LogP contribution is 2.17. The van der Waals surface area contributed by atoms with Crippen molar-refractivity contribution in [1.82, 2.24) is 5.32 Å². The van der Waals surface area contributed by atoms with E-state index in [0.29, 0.717) is 19.4 Å². The van der Waals surface area contributed by atoms with Crippen LogP contribution in [-0.2, 0) is 14.3 Å². The van der Waals surface area contributed by atoms with Gasteiger partial charge >= 0.3 is 5.97 Å². The minimum Gasteiger partial charge on any atom is -0.466 e. The molecule has 2 unspecified atom stereocenters. The molecular formula is C66H125NO5. The molecule has 72 heavy (non-hydrogen) atoms. The number of allylic oxidation sites excluding steroid dienone is 5. The lowest BCUT2D eigenvalue weighted by Gasteiger charge is -2.20. The number of hydrogen-bond acceptors (Lipinski definition) is 5. The highest BCUT2D eigenvalue weighted by atomic mass is 16.5. The first-order valence-corrected chi connectivity index (χ1v) is 32.3. The van der Waals surface area contributed by atoms with E-state index in [4.69, 9.17) is 4.74 Å². The molecule has 0 saturated carbocycles. The molecule has 6 heteroatoms. The Kier molecular flexibility index (Phi) is 60.0. The first-order chi connectivity index (χ1) is 35.5. The van der Waals surface area contributed by atoms with Gasteiger partial charge in [-0.3, -0.25) is 9.59 Å². The number of aliphatic hydroxyl groups excluding tert-OH is 2. The average Bonchev–Trinajstić information content (AvgIpc) is 3.38. The smallest absolute Gasteiger partial charge is 0.305 e. The summed E-state index contributed by atoms with van der Waals surface area (Å²) in [6, 6.07) is -0.636. The summed E-state index contributed by atoms with van der Waals surface area (Å²) in [5, 5.41) is 23.2. The Morgan fingerprint density at radius 3 is 0.986 bits per heavy atom. The second kappa shape index (κ2) is 61.6. The third-order valence-corrected chi connectivity index (χ3v) is 14.9. The monoisotopic (exact) mass is 1010 g/mol.